The Bertz CT molecular complexity index is 237. The summed E-state index contributed by atoms with van der Waals surface area (Å²) in [5.41, 5.74) is 6.00. The minimum absolute atomic E-state index is 0. The number of imidazole rings is 1. The van der Waals surface area contributed by atoms with Gasteiger partial charge in [-0.15, -0.1) is 0 Å². The minimum Gasteiger partial charge on any atom is -0.480 e. The van der Waals surface area contributed by atoms with Gasteiger partial charge in [-0.25, -0.2) is 4.98 Å². The molecule has 5 nitrogen and oxygen atoms in total. The third-order valence-corrected chi connectivity index (χ3v) is 1.31. The first kappa shape index (κ1) is 11.6. The molecule has 1 aromatic heterocycles. The van der Waals surface area contributed by atoms with Gasteiger partial charge in [0.15, 0.2) is 0 Å². The number of aromatic amines is 1. The molecule has 0 saturated carbocycles. The van der Waals surface area contributed by atoms with Crippen LogP contribution in [0.2, 0.25) is 0 Å². The van der Waals surface area contributed by atoms with Gasteiger partial charge in [0.2, 0.25) is 0 Å². The topological polar surface area (TPSA) is 92.0 Å². The number of nitrogens with two attached hydrogens (primary N) is 1. The molecule has 1 heterocycles. The maximum Gasteiger partial charge on any atom is 0.320 e. The summed E-state index contributed by atoms with van der Waals surface area (Å²) >= 11 is 0. The van der Waals surface area contributed by atoms with E-state index in [0.717, 1.165) is 5.69 Å². The molecule has 62 valence electrons. The number of aromatic nitrogens is 2. The van der Waals surface area contributed by atoms with Crippen molar-refractivity contribution in [1.82, 2.24) is 9.97 Å². The van der Waals surface area contributed by atoms with Gasteiger partial charge >= 0.3 is 5.97 Å². The maximum absolute atomic E-state index is 10.3. The molecule has 1 rings (SSSR count). The van der Waals surface area contributed by atoms with Crippen LogP contribution in [0, 0.1) is 0 Å². The molecule has 0 bridgehead atoms. The summed E-state index contributed by atoms with van der Waals surface area (Å²) in [5, 5.41) is 8.42. The van der Waals surface area contributed by atoms with Gasteiger partial charge in [0.1, 0.15) is 6.04 Å². The smallest absolute Gasteiger partial charge is 0.320 e. The standard InChI is InChI=1S/C6H9N3O2.Cd/c7-5(6(10)11)1-4-2-8-3-9-4;/h2-3,5H,1,7H2,(H,8,9)(H,10,11);/t5-;/m1./s1. The molecule has 0 fully saturated rings. The number of carboxylic acids is 1. The molecule has 0 unspecified atom stereocenters. The molecule has 0 spiro atoms. The number of aliphatic carboxylic acids is 1. The largest absolute Gasteiger partial charge is 0.480 e. The fourth-order valence-corrected chi connectivity index (χ4v) is 0.721. The van der Waals surface area contributed by atoms with Crippen LogP contribution in [0.25, 0.3) is 0 Å². The second-order valence-corrected chi connectivity index (χ2v) is 2.23. The summed E-state index contributed by atoms with van der Waals surface area (Å²) in [4.78, 5) is 16.8. The summed E-state index contributed by atoms with van der Waals surface area (Å²) in [6.45, 7) is 0. The van der Waals surface area contributed by atoms with Gasteiger partial charge < -0.3 is 15.8 Å². The van der Waals surface area contributed by atoms with E-state index >= 15 is 0 Å². The van der Waals surface area contributed by atoms with Crippen LogP contribution < -0.4 is 5.73 Å². The molecule has 0 amide bonds. The van der Waals surface area contributed by atoms with Crippen LogP contribution in [-0.4, -0.2) is 27.1 Å². The average molecular weight is 268 g/mol. The van der Waals surface area contributed by atoms with Gasteiger partial charge in [-0.1, -0.05) is 0 Å². The Kier molecular flexibility index (Phi) is 5.06. The zero-order chi connectivity index (χ0) is 8.27. The molecule has 0 aliphatic rings. The fourth-order valence-electron chi connectivity index (χ4n) is 0.721. The molecule has 12 heavy (non-hydrogen) atoms. The Morgan fingerprint density at radius 2 is 2.50 bits per heavy atom. The Balaban J connectivity index is 0.00000121. The molecule has 0 radical (unpaired) electrons. The zero-order valence-electron chi connectivity index (χ0n) is 6.53. The van der Waals surface area contributed by atoms with Crippen molar-refractivity contribution in [2.75, 3.05) is 0 Å². The molecule has 1 aromatic rings. The van der Waals surface area contributed by atoms with E-state index in [1.54, 1.807) is 6.20 Å². The van der Waals surface area contributed by atoms with Gasteiger partial charge in [-0.3, -0.25) is 4.79 Å². The molecule has 0 aliphatic heterocycles. The van der Waals surface area contributed by atoms with E-state index in [9.17, 15) is 4.79 Å². The van der Waals surface area contributed by atoms with Crippen LogP contribution in [0.5, 0.6) is 0 Å². The first-order valence-corrected chi connectivity index (χ1v) is 3.16. The quantitative estimate of drug-likeness (QED) is 0.635. The molecule has 0 saturated heterocycles. The van der Waals surface area contributed by atoms with Crippen molar-refractivity contribution in [2.45, 2.75) is 12.5 Å². The van der Waals surface area contributed by atoms with E-state index in [1.807, 2.05) is 0 Å². The second-order valence-electron chi connectivity index (χ2n) is 2.23. The second kappa shape index (κ2) is 5.25. The molecule has 0 aromatic carbocycles. The number of nitrogens with one attached hydrogen (secondary N) is 1. The molecular weight excluding hydrogens is 258 g/mol. The third kappa shape index (κ3) is 3.31. The van der Waals surface area contributed by atoms with Gasteiger partial charge in [-0.2, -0.15) is 0 Å². The van der Waals surface area contributed by atoms with Crippen LogP contribution in [-0.2, 0) is 38.5 Å². The molecule has 6 heteroatoms. The van der Waals surface area contributed by atoms with E-state index in [-0.39, 0.29) is 33.7 Å². The van der Waals surface area contributed by atoms with Crippen LogP contribution >= 0.6 is 0 Å². The first-order chi connectivity index (χ1) is 5.20. The Hall–Kier alpha value is -0.438. The van der Waals surface area contributed by atoms with Gasteiger partial charge in [0.05, 0.1) is 6.33 Å². The van der Waals surface area contributed by atoms with Crippen molar-refractivity contribution in [2.24, 2.45) is 5.73 Å². The minimum atomic E-state index is -1.00. The van der Waals surface area contributed by atoms with Crippen molar-refractivity contribution in [3.05, 3.63) is 18.2 Å². The van der Waals surface area contributed by atoms with Crippen LogP contribution in [0.15, 0.2) is 12.5 Å². The van der Waals surface area contributed by atoms with Gasteiger partial charge in [0, 0.05) is 45.6 Å². The van der Waals surface area contributed by atoms with E-state index in [2.05, 4.69) is 9.97 Å². The summed E-state index contributed by atoms with van der Waals surface area (Å²) < 4.78 is 0. The Morgan fingerprint density at radius 3 is 2.92 bits per heavy atom. The van der Waals surface area contributed by atoms with Gasteiger partial charge in [-0.05, 0) is 0 Å². The number of nitrogens with zero attached hydrogens (tertiary/aromatic N) is 1. The van der Waals surface area contributed by atoms with Crippen LogP contribution in [0.3, 0.4) is 0 Å². The maximum atomic E-state index is 10.3. The first-order valence-electron chi connectivity index (χ1n) is 3.16. The fraction of sp³-hybridized carbons (Fsp3) is 0.333. The normalized spacial score (nSPS) is 11.8. The van der Waals surface area contributed by atoms with Gasteiger partial charge in [0.25, 0.3) is 0 Å². The molecule has 0 aliphatic carbocycles. The number of hydrogen-bond acceptors (Lipinski definition) is 3. The molecular formula is C6H9CdN3O2. The summed E-state index contributed by atoms with van der Waals surface area (Å²) in [5.74, 6) is -1.00. The van der Waals surface area contributed by atoms with Crippen molar-refractivity contribution >= 4 is 5.97 Å². The van der Waals surface area contributed by atoms with E-state index in [1.165, 1.54) is 6.33 Å². The van der Waals surface area contributed by atoms with Crippen molar-refractivity contribution in [3.8, 4) is 0 Å². The third-order valence-electron chi connectivity index (χ3n) is 1.31. The van der Waals surface area contributed by atoms with E-state index < -0.39 is 12.0 Å². The number of carbonyl (C=O) groups is 1. The number of carboxylic acid groups (broad SMARTS) is 1. The summed E-state index contributed by atoms with van der Waals surface area (Å²) in [6, 6.07) is -0.851. The molecule has 1 atom stereocenters. The van der Waals surface area contributed by atoms with E-state index in [0.29, 0.717) is 0 Å². The van der Waals surface area contributed by atoms with Crippen LogP contribution in [0.1, 0.15) is 5.69 Å². The predicted molar refractivity (Wildman–Crippen MR) is 37.9 cm³/mol. The summed E-state index contributed by atoms with van der Waals surface area (Å²) in [7, 11) is 0. The van der Waals surface area contributed by atoms with Crippen molar-refractivity contribution in [1.29, 1.82) is 0 Å². The Morgan fingerprint density at radius 1 is 1.83 bits per heavy atom. The average Bonchev–Trinajstić information content (AvgIpc) is 2.39. The zero-order valence-corrected chi connectivity index (χ0v) is 10.6. The van der Waals surface area contributed by atoms with Crippen molar-refractivity contribution in [3.63, 3.8) is 0 Å². The monoisotopic (exact) mass is 269 g/mol. The number of hydrogen-bond donors (Lipinski definition) is 3. The Labute approximate surface area is 89.5 Å². The van der Waals surface area contributed by atoms with Crippen molar-refractivity contribution < 1.29 is 37.2 Å². The number of rotatable bonds is 3. The predicted octanol–water partition coefficient (Wildman–Crippen LogP) is -0.638. The summed E-state index contributed by atoms with van der Waals surface area (Å²) in [6.07, 6.45) is 3.34. The SMILES string of the molecule is N[C@H](Cc1cnc[nH]1)C(=O)O.[Cd]. The van der Waals surface area contributed by atoms with Crippen LogP contribution in [0.4, 0.5) is 0 Å². The molecule has 4 N–H and O–H groups in total. The van der Waals surface area contributed by atoms with E-state index in [4.69, 9.17) is 10.8 Å². The number of H-pyrrole nitrogens is 1.